The van der Waals surface area contributed by atoms with Crippen LogP contribution in [0.2, 0.25) is 0 Å². The summed E-state index contributed by atoms with van der Waals surface area (Å²) >= 11 is 0. The standard InChI is InChI=1S/C18H21F3N4O/c1-2-4-14(11-5-3-6-12(9-11)18(19,20)21)23-17(26)16-13-10-22-8-7-15(13)24-25-16/h3,5-6,9,14,22H,2,4,7-8,10H2,1H3,(H,23,26)(H,24,25). The molecule has 1 amide bonds. The topological polar surface area (TPSA) is 69.8 Å². The Bertz CT molecular complexity index is 785. The highest BCUT2D eigenvalue weighted by Crippen LogP contribution is 2.31. The Labute approximate surface area is 149 Å². The smallest absolute Gasteiger partial charge is 0.344 e. The number of amides is 1. The highest BCUT2D eigenvalue weighted by Gasteiger charge is 2.31. The Morgan fingerprint density at radius 1 is 1.38 bits per heavy atom. The van der Waals surface area contributed by atoms with Crippen molar-refractivity contribution in [3.63, 3.8) is 0 Å². The van der Waals surface area contributed by atoms with E-state index in [1.807, 2.05) is 6.92 Å². The molecule has 0 aliphatic carbocycles. The van der Waals surface area contributed by atoms with Crippen molar-refractivity contribution in [2.24, 2.45) is 0 Å². The van der Waals surface area contributed by atoms with Crippen molar-refractivity contribution in [2.45, 2.75) is 44.9 Å². The average Bonchev–Trinajstić information content (AvgIpc) is 3.05. The maximum atomic E-state index is 13.0. The Kier molecular flexibility index (Phi) is 5.31. The molecule has 8 heteroatoms. The molecule has 140 valence electrons. The fraction of sp³-hybridized carbons (Fsp3) is 0.444. The van der Waals surface area contributed by atoms with Gasteiger partial charge in [0, 0.05) is 30.8 Å². The number of aromatic nitrogens is 2. The van der Waals surface area contributed by atoms with Gasteiger partial charge in [0.15, 0.2) is 5.69 Å². The molecule has 1 aromatic carbocycles. The van der Waals surface area contributed by atoms with Gasteiger partial charge in [0.25, 0.3) is 5.91 Å². The number of H-pyrrole nitrogens is 1. The lowest BCUT2D eigenvalue weighted by Crippen LogP contribution is -2.31. The molecule has 0 fully saturated rings. The van der Waals surface area contributed by atoms with Gasteiger partial charge in [0.1, 0.15) is 0 Å². The van der Waals surface area contributed by atoms with Gasteiger partial charge in [-0.2, -0.15) is 18.3 Å². The minimum Gasteiger partial charge on any atom is -0.344 e. The van der Waals surface area contributed by atoms with Crippen LogP contribution in [0.25, 0.3) is 0 Å². The van der Waals surface area contributed by atoms with Crippen LogP contribution in [0.15, 0.2) is 24.3 Å². The van der Waals surface area contributed by atoms with Crippen molar-refractivity contribution in [3.8, 4) is 0 Å². The molecule has 0 bridgehead atoms. The number of aromatic amines is 1. The normalized spacial score (nSPS) is 15.4. The number of nitrogens with one attached hydrogen (secondary N) is 3. The lowest BCUT2D eigenvalue weighted by atomic mass is 9.99. The average molecular weight is 366 g/mol. The van der Waals surface area contributed by atoms with Crippen molar-refractivity contribution in [2.75, 3.05) is 6.54 Å². The van der Waals surface area contributed by atoms with E-state index in [9.17, 15) is 18.0 Å². The molecule has 26 heavy (non-hydrogen) atoms. The van der Waals surface area contributed by atoms with Crippen LogP contribution in [0.3, 0.4) is 0 Å². The third-order valence-corrected chi connectivity index (χ3v) is 4.52. The Balaban J connectivity index is 1.83. The second-order valence-electron chi connectivity index (χ2n) is 6.39. The van der Waals surface area contributed by atoms with Crippen molar-refractivity contribution in [1.82, 2.24) is 20.8 Å². The summed E-state index contributed by atoms with van der Waals surface area (Å²) in [6, 6.07) is 4.61. The lowest BCUT2D eigenvalue weighted by Gasteiger charge is -2.20. The van der Waals surface area contributed by atoms with Crippen LogP contribution >= 0.6 is 0 Å². The molecule has 0 radical (unpaired) electrons. The predicted molar refractivity (Wildman–Crippen MR) is 90.6 cm³/mol. The van der Waals surface area contributed by atoms with E-state index in [4.69, 9.17) is 0 Å². The van der Waals surface area contributed by atoms with Crippen LogP contribution in [0.5, 0.6) is 0 Å². The monoisotopic (exact) mass is 366 g/mol. The van der Waals surface area contributed by atoms with E-state index in [2.05, 4.69) is 20.8 Å². The highest BCUT2D eigenvalue weighted by molar-refractivity contribution is 5.94. The Morgan fingerprint density at radius 2 is 2.19 bits per heavy atom. The molecule has 1 atom stereocenters. The van der Waals surface area contributed by atoms with E-state index < -0.39 is 17.8 Å². The van der Waals surface area contributed by atoms with Gasteiger partial charge >= 0.3 is 6.18 Å². The molecule has 1 aliphatic rings. The summed E-state index contributed by atoms with van der Waals surface area (Å²) in [5.41, 5.74) is 1.79. The van der Waals surface area contributed by atoms with Gasteiger partial charge in [-0.1, -0.05) is 25.5 Å². The van der Waals surface area contributed by atoms with Crippen LogP contribution in [0.4, 0.5) is 13.2 Å². The van der Waals surface area contributed by atoms with Crippen LogP contribution in [-0.4, -0.2) is 22.6 Å². The molecule has 0 saturated heterocycles. The molecule has 3 rings (SSSR count). The zero-order valence-electron chi connectivity index (χ0n) is 14.4. The van der Waals surface area contributed by atoms with Crippen LogP contribution < -0.4 is 10.6 Å². The SMILES string of the molecule is CCCC(NC(=O)c1n[nH]c2c1CNCC2)c1cccc(C(F)(F)F)c1. The van der Waals surface area contributed by atoms with Crippen molar-refractivity contribution in [1.29, 1.82) is 0 Å². The number of halogens is 3. The third kappa shape index (κ3) is 3.90. The Morgan fingerprint density at radius 3 is 2.92 bits per heavy atom. The van der Waals surface area contributed by atoms with E-state index in [0.29, 0.717) is 24.2 Å². The third-order valence-electron chi connectivity index (χ3n) is 4.52. The zero-order valence-corrected chi connectivity index (χ0v) is 14.4. The number of rotatable bonds is 5. The first-order valence-corrected chi connectivity index (χ1v) is 8.65. The van der Waals surface area contributed by atoms with E-state index in [1.54, 1.807) is 6.07 Å². The van der Waals surface area contributed by atoms with Crippen LogP contribution in [-0.2, 0) is 19.1 Å². The minimum absolute atomic E-state index is 0.306. The number of fused-ring (bicyclic) bond motifs is 1. The molecule has 1 aromatic heterocycles. The van der Waals surface area contributed by atoms with Crippen LogP contribution in [0.1, 0.15) is 58.7 Å². The maximum Gasteiger partial charge on any atom is 0.416 e. The van der Waals surface area contributed by atoms with Gasteiger partial charge in [-0.15, -0.1) is 0 Å². The van der Waals surface area contributed by atoms with Gasteiger partial charge in [0.2, 0.25) is 0 Å². The first-order valence-electron chi connectivity index (χ1n) is 8.65. The van der Waals surface area contributed by atoms with Gasteiger partial charge in [-0.05, 0) is 24.1 Å². The largest absolute Gasteiger partial charge is 0.416 e. The second kappa shape index (κ2) is 7.49. The molecule has 0 saturated carbocycles. The van der Waals surface area contributed by atoms with Gasteiger partial charge in [0.05, 0.1) is 11.6 Å². The number of alkyl halides is 3. The number of hydrogen-bond acceptors (Lipinski definition) is 3. The molecular weight excluding hydrogens is 345 g/mol. The first kappa shape index (κ1) is 18.4. The highest BCUT2D eigenvalue weighted by atomic mass is 19.4. The molecule has 5 nitrogen and oxygen atoms in total. The fourth-order valence-electron chi connectivity index (χ4n) is 3.18. The predicted octanol–water partition coefficient (Wildman–Crippen LogP) is 3.35. The molecular formula is C18H21F3N4O. The number of carbonyl (C=O) groups excluding carboxylic acids is 1. The number of benzene rings is 1. The van der Waals surface area contributed by atoms with Crippen molar-refractivity contribution in [3.05, 3.63) is 52.3 Å². The summed E-state index contributed by atoms with van der Waals surface area (Å²) in [5.74, 6) is -0.373. The number of carbonyl (C=O) groups is 1. The summed E-state index contributed by atoms with van der Waals surface area (Å²) in [6.07, 6.45) is -2.38. The minimum atomic E-state index is -4.41. The van der Waals surface area contributed by atoms with E-state index in [0.717, 1.165) is 42.8 Å². The molecule has 1 aliphatic heterocycles. The molecule has 2 heterocycles. The van der Waals surface area contributed by atoms with Gasteiger partial charge in [-0.25, -0.2) is 0 Å². The fourth-order valence-corrected chi connectivity index (χ4v) is 3.18. The van der Waals surface area contributed by atoms with E-state index in [1.165, 1.54) is 6.07 Å². The molecule has 1 unspecified atom stereocenters. The van der Waals surface area contributed by atoms with Gasteiger partial charge in [-0.3, -0.25) is 9.89 Å². The number of nitrogens with zero attached hydrogens (tertiary/aromatic N) is 1. The molecule has 2 aromatic rings. The molecule has 0 spiro atoms. The lowest BCUT2D eigenvalue weighted by molar-refractivity contribution is -0.137. The quantitative estimate of drug-likeness (QED) is 0.760. The van der Waals surface area contributed by atoms with Gasteiger partial charge < -0.3 is 10.6 Å². The first-order chi connectivity index (χ1) is 12.4. The van der Waals surface area contributed by atoms with Crippen molar-refractivity contribution >= 4 is 5.91 Å². The van der Waals surface area contributed by atoms with E-state index >= 15 is 0 Å². The summed E-state index contributed by atoms with van der Waals surface area (Å²) in [6.45, 7) is 3.29. The summed E-state index contributed by atoms with van der Waals surface area (Å²) < 4.78 is 38.9. The summed E-state index contributed by atoms with van der Waals surface area (Å²) in [5, 5.41) is 13.0. The zero-order chi connectivity index (χ0) is 18.7. The maximum absolute atomic E-state index is 13.0. The molecule has 3 N–H and O–H groups in total. The second-order valence-corrected chi connectivity index (χ2v) is 6.39. The summed E-state index contributed by atoms with van der Waals surface area (Å²) in [4.78, 5) is 12.7. The summed E-state index contributed by atoms with van der Waals surface area (Å²) in [7, 11) is 0. The van der Waals surface area contributed by atoms with E-state index in [-0.39, 0.29) is 5.91 Å². The van der Waals surface area contributed by atoms with Crippen LogP contribution in [0, 0.1) is 0 Å². The Hall–Kier alpha value is -2.35. The number of hydrogen-bond donors (Lipinski definition) is 3. The van der Waals surface area contributed by atoms with Crippen molar-refractivity contribution < 1.29 is 18.0 Å².